The van der Waals surface area contributed by atoms with E-state index in [0.717, 1.165) is 29.9 Å². The molecular weight excluding hydrogens is 346 g/mol. The lowest BCUT2D eigenvalue weighted by atomic mass is 10.1. The molecule has 0 unspecified atom stereocenters. The Kier molecular flexibility index (Phi) is 5.71. The number of H-pyrrole nitrogens is 1. The van der Waals surface area contributed by atoms with Gasteiger partial charge < -0.3 is 14.0 Å². The minimum Gasteiger partial charge on any atom is -0.452 e. The van der Waals surface area contributed by atoms with Gasteiger partial charge in [-0.25, -0.2) is 4.79 Å². The van der Waals surface area contributed by atoms with Crippen LogP contribution in [0.25, 0.3) is 10.9 Å². The number of carbonyl (C=O) groups is 2. The van der Waals surface area contributed by atoms with Gasteiger partial charge in [-0.15, -0.1) is 0 Å². The zero-order valence-corrected chi connectivity index (χ0v) is 15.7. The molecule has 7 heteroatoms. The van der Waals surface area contributed by atoms with Crippen molar-refractivity contribution in [2.75, 3.05) is 20.3 Å². The fraction of sp³-hybridized carbons (Fsp3) is 0.350. The topological polar surface area (TPSA) is 86.2 Å². The third-order valence-corrected chi connectivity index (χ3v) is 4.60. The van der Waals surface area contributed by atoms with Gasteiger partial charge >= 0.3 is 5.97 Å². The molecule has 7 nitrogen and oxygen atoms in total. The first-order chi connectivity index (χ1) is 13.0. The summed E-state index contributed by atoms with van der Waals surface area (Å²) in [5.74, 6) is -0.844. The Balaban J connectivity index is 1.67. The summed E-state index contributed by atoms with van der Waals surface area (Å²) < 4.78 is 12.4. The van der Waals surface area contributed by atoms with E-state index >= 15 is 0 Å². The van der Waals surface area contributed by atoms with Crippen LogP contribution in [-0.4, -0.2) is 46.8 Å². The number of ether oxygens (including phenoxy) is 2. The Hall–Kier alpha value is -2.93. The van der Waals surface area contributed by atoms with Crippen LogP contribution in [0.4, 0.5) is 0 Å². The molecule has 0 aliphatic heterocycles. The van der Waals surface area contributed by atoms with E-state index in [0.29, 0.717) is 17.6 Å². The van der Waals surface area contributed by atoms with Crippen LogP contribution in [0.15, 0.2) is 30.3 Å². The number of methoxy groups -OCH3 is 1. The number of rotatable bonds is 8. The lowest BCUT2D eigenvalue weighted by Gasteiger charge is -2.09. The van der Waals surface area contributed by atoms with Crippen molar-refractivity contribution in [2.45, 2.75) is 26.8 Å². The predicted molar refractivity (Wildman–Crippen MR) is 101 cm³/mol. The molecule has 3 aromatic rings. The normalized spacial score (nSPS) is 11.1. The Bertz CT molecular complexity index is 971. The van der Waals surface area contributed by atoms with Crippen molar-refractivity contribution in [1.29, 1.82) is 0 Å². The van der Waals surface area contributed by atoms with Gasteiger partial charge in [0.15, 0.2) is 12.3 Å². The summed E-state index contributed by atoms with van der Waals surface area (Å²) in [4.78, 5) is 24.9. The molecule has 0 amide bonds. The van der Waals surface area contributed by atoms with Crippen LogP contribution < -0.4 is 0 Å². The number of para-hydroxylation sites is 1. The van der Waals surface area contributed by atoms with E-state index in [-0.39, 0.29) is 18.1 Å². The molecule has 142 valence electrons. The van der Waals surface area contributed by atoms with E-state index in [1.54, 1.807) is 13.2 Å². The van der Waals surface area contributed by atoms with Crippen LogP contribution in [0.5, 0.6) is 0 Å². The van der Waals surface area contributed by atoms with E-state index in [2.05, 4.69) is 14.8 Å². The van der Waals surface area contributed by atoms with Crippen molar-refractivity contribution < 1.29 is 19.1 Å². The van der Waals surface area contributed by atoms with Gasteiger partial charge in [-0.05, 0) is 32.4 Å². The summed E-state index contributed by atoms with van der Waals surface area (Å²) in [5.41, 5.74) is 3.37. The number of Topliss-reactive ketones (excluding diaryl/α,β-unsaturated/α-hetero) is 1. The van der Waals surface area contributed by atoms with Crippen LogP contribution in [0, 0.1) is 13.8 Å². The molecule has 2 heterocycles. The number of carbonyl (C=O) groups excluding carboxylic acids is 2. The molecule has 0 saturated carbocycles. The van der Waals surface area contributed by atoms with Crippen molar-refractivity contribution in [3.63, 3.8) is 0 Å². The van der Waals surface area contributed by atoms with Gasteiger partial charge in [-0.3, -0.25) is 9.89 Å². The van der Waals surface area contributed by atoms with Crippen molar-refractivity contribution in [3.8, 4) is 0 Å². The van der Waals surface area contributed by atoms with E-state index in [9.17, 15) is 9.59 Å². The predicted octanol–water partition coefficient (Wildman–Crippen LogP) is 3.06. The van der Waals surface area contributed by atoms with Crippen LogP contribution >= 0.6 is 0 Å². The third-order valence-electron chi connectivity index (χ3n) is 4.60. The molecular formula is C20H23N3O4. The maximum Gasteiger partial charge on any atom is 0.359 e. The SMILES string of the molecule is COCCCn1c(C)cc(C(=O)COC(=O)c2n[nH]c3ccccc23)c1C. The summed E-state index contributed by atoms with van der Waals surface area (Å²) in [6, 6.07) is 9.11. The maximum absolute atomic E-state index is 12.6. The van der Waals surface area contributed by atoms with Gasteiger partial charge in [0.05, 0.1) is 5.52 Å². The molecule has 0 bridgehead atoms. The second-order valence-electron chi connectivity index (χ2n) is 6.40. The zero-order valence-electron chi connectivity index (χ0n) is 15.7. The van der Waals surface area contributed by atoms with Crippen molar-refractivity contribution in [2.24, 2.45) is 0 Å². The van der Waals surface area contributed by atoms with Crippen LogP contribution in [0.1, 0.15) is 38.7 Å². The summed E-state index contributed by atoms with van der Waals surface area (Å²) >= 11 is 0. The molecule has 0 radical (unpaired) electrons. The number of nitrogens with one attached hydrogen (secondary N) is 1. The van der Waals surface area contributed by atoms with E-state index in [1.807, 2.05) is 38.1 Å². The van der Waals surface area contributed by atoms with Gasteiger partial charge in [-0.2, -0.15) is 5.10 Å². The van der Waals surface area contributed by atoms with Crippen molar-refractivity contribution >= 4 is 22.7 Å². The summed E-state index contributed by atoms with van der Waals surface area (Å²) in [6.07, 6.45) is 0.863. The fourth-order valence-corrected chi connectivity index (χ4v) is 3.19. The molecule has 2 aromatic heterocycles. The van der Waals surface area contributed by atoms with Gasteiger partial charge in [0, 0.05) is 42.6 Å². The average Bonchev–Trinajstić information content (AvgIpc) is 3.22. The number of aromatic amines is 1. The van der Waals surface area contributed by atoms with Gasteiger partial charge in [0.2, 0.25) is 5.78 Å². The molecule has 0 aliphatic carbocycles. The second-order valence-corrected chi connectivity index (χ2v) is 6.40. The Labute approximate surface area is 157 Å². The molecule has 3 rings (SSSR count). The molecule has 0 fully saturated rings. The fourth-order valence-electron chi connectivity index (χ4n) is 3.19. The highest BCUT2D eigenvalue weighted by Gasteiger charge is 2.20. The van der Waals surface area contributed by atoms with Crippen LogP contribution in [0.2, 0.25) is 0 Å². The Morgan fingerprint density at radius 3 is 2.78 bits per heavy atom. The number of esters is 1. The van der Waals surface area contributed by atoms with Gasteiger partial charge in [0.25, 0.3) is 0 Å². The number of ketones is 1. The number of aryl methyl sites for hydroxylation is 1. The van der Waals surface area contributed by atoms with Crippen LogP contribution in [0.3, 0.4) is 0 Å². The number of hydrogen-bond acceptors (Lipinski definition) is 5. The van der Waals surface area contributed by atoms with Crippen molar-refractivity contribution in [1.82, 2.24) is 14.8 Å². The van der Waals surface area contributed by atoms with E-state index in [4.69, 9.17) is 9.47 Å². The highest BCUT2D eigenvalue weighted by Crippen LogP contribution is 2.18. The number of benzene rings is 1. The molecule has 0 atom stereocenters. The Morgan fingerprint density at radius 1 is 1.22 bits per heavy atom. The molecule has 0 aliphatic rings. The van der Waals surface area contributed by atoms with Crippen LogP contribution in [-0.2, 0) is 16.0 Å². The first-order valence-corrected chi connectivity index (χ1v) is 8.82. The second kappa shape index (κ2) is 8.18. The molecule has 0 saturated heterocycles. The number of aromatic nitrogens is 3. The number of fused-ring (bicyclic) bond motifs is 1. The highest BCUT2D eigenvalue weighted by molar-refractivity contribution is 6.04. The minimum atomic E-state index is -0.616. The number of nitrogens with zero attached hydrogens (tertiary/aromatic N) is 2. The largest absolute Gasteiger partial charge is 0.452 e. The monoisotopic (exact) mass is 369 g/mol. The molecule has 27 heavy (non-hydrogen) atoms. The minimum absolute atomic E-state index is 0.184. The first-order valence-electron chi connectivity index (χ1n) is 8.82. The smallest absolute Gasteiger partial charge is 0.359 e. The van der Waals surface area contributed by atoms with Gasteiger partial charge in [0.1, 0.15) is 0 Å². The highest BCUT2D eigenvalue weighted by atomic mass is 16.5. The summed E-state index contributed by atoms with van der Waals surface area (Å²) in [6.45, 7) is 4.98. The lowest BCUT2D eigenvalue weighted by molar-refractivity contribution is 0.0470. The average molecular weight is 369 g/mol. The maximum atomic E-state index is 12.6. The first kappa shape index (κ1) is 18.8. The molecule has 0 spiro atoms. The quantitative estimate of drug-likeness (QED) is 0.375. The third kappa shape index (κ3) is 3.93. The summed E-state index contributed by atoms with van der Waals surface area (Å²) in [5, 5.41) is 7.45. The van der Waals surface area contributed by atoms with Crippen molar-refractivity contribution in [3.05, 3.63) is 53.0 Å². The molecule has 1 aromatic carbocycles. The standard InChI is InChI=1S/C20H23N3O4/c1-13-11-16(14(2)23(13)9-6-10-26-3)18(24)12-27-20(25)19-15-7-4-5-8-17(15)21-22-19/h4-5,7-8,11H,6,9-10,12H2,1-3H3,(H,21,22). The number of hydrogen-bond donors (Lipinski definition) is 1. The van der Waals surface area contributed by atoms with E-state index < -0.39 is 5.97 Å². The summed E-state index contributed by atoms with van der Waals surface area (Å²) in [7, 11) is 1.67. The lowest BCUT2D eigenvalue weighted by Crippen LogP contribution is -2.15. The molecule has 1 N–H and O–H groups in total. The van der Waals surface area contributed by atoms with E-state index in [1.165, 1.54) is 0 Å². The van der Waals surface area contributed by atoms with Gasteiger partial charge in [-0.1, -0.05) is 18.2 Å². The zero-order chi connectivity index (χ0) is 19.4. The Morgan fingerprint density at radius 2 is 2.00 bits per heavy atom.